The second kappa shape index (κ2) is 5.13. The molecule has 0 saturated carbocycles. The van der Waals surface area contributed by atoms with E-state index in [1.54, 1.807) is 6.92 Å². The van der Waals surface area contributed by atoms with Gasteiger partial charge in [0.1, 0.15) is 0 Å². The van der Waals surface area contributed by atoms with Gasteiger partial charge in [-0.1, -0.05) is 18.2 Å². The standard InChI is InChI=1S/C13H12Br2O3/c1-2-18-12(17)8-3-4-13(5-8)6-9(14)11(16)10(15)7-13/h3,6-7H,2,4-5H2,1H3. The lowest BCUT2D eigenvalue weighted by molar-refractivity contribution is -0.138. The van der Waals surface area contributed by atoms with Crippen LogP contribution < -0.4 is 0 Å². The Hall–Kier alpha value is -0.680. The molecular weight excluding hydrogens is 364 g/mol. The third-order valence-corrected chi connectivity index (χ3v) is 4.23. The van der Waals surface area contributed by atoms with Gasteiger partial charge in [-0.15, -0.1) is 0 Å². The van der Waals surface area contributed by atoms with E-state index in [1.807, 2.05) is 18.2 Å². The highest BCUT2D eigenvalue weighted by atomic mass is 79.9. The summed E-state index contributed by atoms with van der Waals surface area (Å²) in [6.45, 7) is 2.16. The van der Waals surface area contributed by atoms with E-state index in [-0.39, 0.29) is 17.2 Å². The lowest BCUT2D eigenvalue weighted by Gasteiger charge is -2.25. The Morgan fingerprint density at radius 3 is 2.56 bits per heavy atom. The highest BCUT2D eigenvalue weighted by Crippen LogP contribution is 2.46. The molecule has 0 heterocycles. The summed E-state index contributed by atoms with van der Waals surface area (Å²) in [6.07, 6.45) is 6.93. The molecule has 2 aliphatic rings. The van der Waals surface area contributed by atoms with Crippen LogP contribution in [0.2, 0.25) is 0 Å². The molecule has 0 unspecified atom stereocenters. The average Bonchev–Trinajstić information content (AvgIpc) is 2.70. The summed E-state index contributed by atoms with van der Waals surface area (Å²) >= 11 is 6.54. The van der Waals surface area contributed by atoms with Gasteiger partial charge in [0.25, 0.3) is 0 Å². The number of halogens is 2. The number of esters is 1. The molecule has 96 valence electrons. The summed E-state index contributed by atoms with van der Waals surface area (Å²) in [4.78, 5) is 23.3. The Bertz CT molecular complexity index is 478. The van der Waals surface area contributed by atoms with Crippen molar-refractivity contribution in [1.82, 2.24) is 0 Å². The van der Waals surface area contributed by atoms with Crippen LogP contribution >= 0.6 is 31.9 Å². The number of carbonyl (C=O) groups is 2. The number of ketones is 1. The fourth-order valence-corrected chi connectivity index (χ4v) is 3.81. The van der Waals surface area contributed by atoms with Gasteiger partial charge in [-0.05, 0) is 51.6 Å². The van der Waals surface area contributed by atoms with Gasteiger partial charge in [-0.2, -0.15) is 0 Å². The van der Waals surface area contributed by atoms with Gasteiger partial charge in [-0.25, -0.2) is 4.79 Å². The van der Waals surface area contributed by atoms with Crippen LogP contribution in [0.3, 0.4) is 0 Å². The van der Waals surface area contributed by atoms with Crippen LogP contribution in [0.15, 0.2) is 32.8 Å². The third kappa shape index (κ3) is 2.52. The van der Waals surface area contributed by atoms with E-state index in [4.69, 9.17) is 4.74 Å². The summed E-state index contributed by atoms with van der Waals surface area (Å²) in [6, 6.07) is 0. The van der Waals surface area contributed by atoms with Crippen LogP contribution in [0.1, 0.15) is 19.8 Å². The van der Waals surface area contributed by atoms with Crippen LogP contribution in [0, 0.1) is 5.41 Å². The smallest absolute Gasteiger partial charge is 0.333 e. The Labute approximate surface area is 122 Å². The van der Waals surface area contributed by atoms with Gasteiger partial charge in [0.15, 0.2) is 0 Å². The van der Waals surface area contributed by atoms with Crippen molar-refractivity contribution in [3.8, 4) is 0 Å². The van der Waals surface area contributed by atoms with Crippen LogP contribution in [-0.4, -0.2) is 18.4 Å². The molecule has 18 heavy (non-hydrogen) atoms. The topological polar surface area (TPSA) is 43.4 Å². The van der Waals surface area contributed by atoms with Gasteiger partial charge < -0.3 is 4.74 Å². The first kappa shape index (κ1) is 13.7. The fraction of sp³-hybridized carbons (Fsp3) is 0.385. The Morgan fingerprint density at radius 2 is 2.00 bits per heavy atom. The van der Waals surface area contributed by atoms with Crippen LogP contribution in [0.4, 0.5) is 0 Å². The van der Waals surface area contributed by atoms with Crippen LogP contribution in [0.25, 0.3) is 0 Å². The lowest BCUT2D eigenvalue weighted by atomic mass is 9.81. The molecule has 5 heteroatoms. The first-order valence-electron chi connectivity index (χ1n) is 5.65. The van der Waals surface area contributed by atoms with E-state index in [0.717, 1.165) is 0 Å². The molecule has 0 aromatic carbocycles. The van der Waals surface area contributed by atoms with Gasteiger partial charge >= 0.3 is 5.97 Å². The largest absolute Gasteiger partial charge is 0.463 e. The maximum Gasteiger partial charge on any atom is 0.333 e. The van der Waals surface area contributed by atoms with Crippen LogP contribution in [0.5, 0.6) is 0 Å². The minimum Gasteiger partial charge on any atom is -0.463 e. The summed E-state index contributed by atoms with van der Waals surface area (Å²) in [5.74, 6) is -0.328. The maximum absolute atomic E-state index is 11.7. The summed E-state index contributed by atoms with van der Waals surface area (Å²) in [7, 11) is 0. The molecule has 0 aromatic heterocycles. The number of allylic oxidation sites excluding steroid dienone is 5. The third-order valence-electron chi connectivity index (χ3n) is 3.05. The van der Waals surface area contributed by atoms with E-state index in [0.29, 0.717) is 34.0 Å². The number of hydrogen-bond acceptors (Lipinski definition) is 3. The number of rotatable bonds is 2. The highest BCUT2D eigenvalue weighted by molar-refractivity contribution is 9.13. The van der Waals surface area contributed by atoms with Crippen molar-refractivity contribution in [1.29, 1.82) is 0 Å². The van der Waals surface area contributed by atoms with E-state index in [9.17, 15) is 9.59 Å². The first-order valence-corrected chi connectivity index (χ1v) is 7.23. The molecule has 0 atom stereocenters. The quantitative estimate of drug-likeness (QED) is 0.694. The van der Waals surface area contributed by atoms with E-state index < -0.39 is 0 Å². The molecule has 0 saturated heterocycles. The van der Waals surface area contributed by atoms with Gasteiger partial charge in [0, 0.05) is 11.0 Å². The first-order chi connectivity index (χ1) is 8.47. The Balaban J connectivity index is 2.19. The fourth-order valence-electron chi connectivity index (χ4n) is 2.20. The summed E-state index contributed by atoms with van der Waals surface area (Å²) in [5, 5.41) is 0. The Morgan fingerprint density at radius 1 is 1.39 bits per heavy atom. The van der Waals surface area contributed by atoms with Crippen molar-refractivity contribution in [2.24, 2.45) is 5.41 Å². The summed E-state index contributed by atoms with van der Waals surface area (Å²) in [5.41, 5.74) is 0.396. The average molecular weight is 376 g/mol. The SMILES string of the molecule is CCOC(=O)C1=CCC2(C=C(Br)C(=O)C(Br)=C2)C1. The molecule has 2 rings (SSSR count). The van der Waals surface area contributed by atoms with Crippen molar-refractivity contribution < 1.29 is 14.3 Å². The molecule has 0 bridgehead atoms. The number of Topliss-reactive ketones (excluding diaryl/α,β-unsaturated/α-hetero) is 1. The Kier molecular flexibility index (Phi) is 3.92. The minimum absolute atomic E-state index is 0.0646. The predicted molar refractivity (Wildman–Crippen MR) is 75.4 cm³/mol. The second-order valence-electron chi connectivity index (χ2n) is 4.38. The molecule has 3 nitrogen and oxygen atoms in total. The molecule has 0 amide bonds. The second-order valence-corrected chi connectivity index (χ2v) is 6.09. The van der Waals surface area contributed by atoms with Gasteiger partial charge in [-0.3, -0.25) is 4.79 Å². The lowest BCUT2D eigenvalue weighted by Crippen LogP contribution is -2.20. The monoisotopic (exact) mass is 374 g/mol. The van der Waals surface area contributed by atoms with E-state index >= 15 is 0 Å². The molecule has 1 spiro atoms. The molecular formula is C13H12Br2O3. The predicted octanol–water partition coefficient (Wildman–Crippen LogP) is 3.40. The number of carbonyl (C=O) groups excluding carboxylic acids is 2. The zero-order chi connectivity index (χ0) is 13.3. The van der Waals surface area contributed by atoms with Crippen molar-refractivity contribution >= 4 is 43.6 Å². The van der Waals surface area contributed by atoms with Crippen molar-refractivity contribution in [2.45, 2.75) is 19.8 Å². The highest BCUT2D eigenvalue weighted by Gasteiger charge is 2.38. The van der Waals surface area contributed by atoms with Crippen molar-refractivity contribution in [3.05, 3.63) is 32.8 Å². The molecule has 0 radical (unpaired) electrons. The molecule has 0 fully saturated rings. The maximum atomic E-state index is 11.7. The molecule has 0 aliphatic heterocycles. The normalized spacial score (nSPS) is 21.5. The van der Waals surface area contributed by atoms with Gasteiger partial charge in [0.05, 0.1) is 15.6 Å². The number of ether oxygens (including phenoxy) is 1. The zero-order valence-electron chi connectivity index (χ0n) is 9.83. The molecule has 2 aliphatic carbocycles. The number of hydrogen-bond donors (Lipinski definition) is 0. The van der Waals surface area contributed by atoms with Crippen molar-refractivity contribution in [3.63, 3.8) is 0 Å². The minimum atomic E-state index is -0.284. The van der Waals surface area contributed by atoms with Gasteiger partial charge in [0.2, 0.25) is 5.78 Å². The molecule has 0 aromatic rings. The van der Waals surface area contributed by atoms with E-state index in [2.05, 4.69) is 31.9 Å². The summed E-state index contributed by atoms with van der Waals surface area (Å²) < 4.78 is 6.07. The zero-order valence-corrected chi connectivity index (χ0v) is 13.0. The van der Waals surface area contributed by atoms with Crippen molar-refractivity contribution in [2.75, 3.05) is 6.61 Å². The van der Waals surface area contributed by atoms with E-state index in [1.165, 1.54) is 0 Å². The molecule has 0 N–H and O–H groups in total. The van der Waals surface area contributed by atoms with Crippen LogP contribution in [-0.2, 0) is 14.3 Å².